The third-order valence-corrected chi connectivity index (χ3v) is 4.23. The molecule has 5 nitrogen and oxygen atoms in total. The van der Waals surface area contributed by atoms with Crippen LogP contribution < -0.4 is 15.4 Å². The normalized spacial score (nSPS) is 15.9. The Labute approximate surface area is 151 Å². The molecule has 0 radical (unpaired) electrons. The highest BCUT2D eigenvalue weighted by Crippen LogP contribution is 2.59. The summed E-state index contributed by atoms with van der Waals surface area (Å²) in [5.74, 6) is -0.184. The Morgan fingerprint density at radius 2 is 1.81 bits per heavy atom. The van der Waals surface area contributed by atoms with Gasteiger partial charge in [0.1, 0.15) is 0 Å². The Morgan fingerprint density at radius 1 is 1.15 bits per heavy atom. The maximum atomic E-state index is 12.8. The smallest absolute Gasteiger partial charge is 0.422 e. The molecular weight excluding hydrogens is 380 g/mol. The molecule has 0 bridgehead atoms. The van der Waals surface area contributed by atoms with Gasteiger partial charge in [0, 0.05) is 25.4 Å². The van der Waals surface area contributed by atoms with Crippen LogP contribution in [0.3, 0.4) is 0 Å². The van der Waals surface area contributed by atoms with Crippen molar-refractivity contribution in [3.8, 4) is 5.88 Å². The molecule has 0 unspecified atom stereocenters. The van der Waals surface area contributed by atoms with Crippen molar-refractivity contribution in [1.29, 1.82) is 0 Å². The van der Waals surface area contributed by atoms with E-state index in [1.165, 1.54) is 12.3 Å². The maximum absolute atomic E-state index is 12.8. The molecule has 1 saturated carbocycles. The number of carbonyl (C=O) groups excluding carboxylic acids is 1. The van der Waals surface area contributed by atoms with E-state index in [9.17, 15) is 31.1 Å². The van der Waals surface area contributed by atoms with Gasteiger partial charge in [0.2, 0.25) is 5.88 Å². The van der Waals surface area contributed by atoms with Crippen LogP contribution in [0.15, 0.2) is 18.3 Å². The number of pyridine rings is 1. The van der Waals surface area contributed by atoms with Gasteiger partial charge in [0.15, 0.2) is 6.61 Å². The van der Waals surface area contributed by atoms with Crippen molar-refractivity contribution < 1.29 is 35.9 Å². The molecule has 11 heteroatoms. The number of nitrogens with zero attached hydrogens (tertiary/aromatic N) is 1. The number of amides is 2. The molecule has 0 spiro atoms. The summed E-state index contributed by atoms with van der Waals surface area (Å²) >= 11 is 0. The molecule has 152 valence electrons. The fourth-order valence-electron chi connectivity index (χ4n) is 2.46. The standard InChI is InChI=1S/C16H19F6N3O2/c17-15(18,19)10-27-12-9-11(1-6-23-12)2-7-24-13(26)25-8-5-14(3-4-14)16(20,21)22/h1,6,9H,2-5,7-8,10H2,(H2,24,25,26). The zero-order valence-corrected chi connectivity index (χ0v) is 14.2. The number of aromatic nitrogens is 1. The predicted octanol–water partition coefficient (Wildman–Crippen LogP) is 3.60. The molecule has 1 fully saturated rings. The average molecular weight is 399 g/mol. The van der Waals surface area contributed by atoms with Crippen LogP contribution in [0.4, 0.5) is 31.1 Å². The van der Waals surface area contributed by atoms with Crippen LogP contribution in [-0.2, 0) is 6.42 Å². The maximum Gasteiger partial charge on any atom is 0.422 e. The van der Waals surface area contributed by atoms with Gasteiger partial charge in [-0.2, -0.15) is 26.3 Å². The van der Waals surface area contributed by atoms with Gasteiger partial charge in [-0.1, -0.05) is 0 Å². The van der Waals surface area contributed by atoms with E-state index in [1.807, 2.05) is 0 Å². The van der Waals surface area contributed by atoms with E-state index >= 15 is 0 Å². The molecule has 1 aliphatic carbocycles. The topological polar surface area (TPSA) is 63.2 Å². The molecule has 1 aromatic rings. The molecule has 0 atom stereocenters. The van der Waals surface area contributed by atoms with Gasteiger partial charge in [-0.15, -0.1) is 0 Å². The Balaban J connectivity index is 1.66. The SMILES string of the molecule is O=C(NCCc1ccnc(OCC(F)(F)F)c1)NCCC1(C(F)(F)F)CC1. The predicted molar refractivity (Wildman–Crippen MR) is 83.2 cm³/mol. The summed E-state index contributed by atoms with van der Waals surface area (Å²) in [4.78, 5) is 15.3. The third-order valence-electron chi connectivity index (χ3n) is 4.23. The van der Waals surface area contributed by atoms with Crippen LogP contribution in [0.25, 0.3) is 0 Å². The highest BCUT2D eigenvalue weighted by molar-refractivity contribution is 5.73. The number of urea groups is 1. The summed E-state index contributed by atoms with van der Waals surface area (Å²) in [6.07, 6.45) is -7.13. The van der Waals surface area contributed by atoms with E-state index in [0.717, 1.165) is 0 Å². The highest BCUT2D eigenvalue weighted by Gasteiger charge is 2.62. The van der Waals surface area contributed by atoms with Crippen molar-refractivity contribution in [3.63, 3.8) is 0 Å². The molecule has 2 N–H and O–H groups in total. The summed E-state index contributed by atoms with van der Waals surface area (Å²) in [6.45, 7) is -1.39. The average Bonchev–Trinajstić information content (AvgIpc) is 3.34. The zero-order chi connectivity index (χ0) is 20.1. The number of rotatable bonds is 8. The summed E-state index contributed by atoms with van der Waals surface area (Å²) in [5, 5.41) is 4.85. The van der Waals surface area contributed by atoms with Crippen molar-refractivity contribution in [2.24, 2.45) is 5.41 Å². The molecule has 1 heterocycles. The van der Waals surface area contributed by atoms with Crippen LogP contribution in [0.1, 0.15) is 24.8 Å². The molecule has 0 aromatic carbocycles. The molecule has 27 heavy (non-hydrogen) atoms. The lowest BCUT2D eigenvalue weighted by atomic mass is 10.0. The minimum atomic E-state index is -4.47. The fraction of sp³-hybridized carbons (Fsp3) is 0.625. The molecule has 1 aromatic heterocycles. The molecule has 1 aliphatic rings. The lowest BCUT2D eigenvalue weighted by molar-refractivity contribution is -0.188. The second-order valence-corrected chi connectivity index (χ2v) is 6.37. The van der Waals surface area contributed by atoms with Crippen molar-refractivity contribution in [2.75, 3.05) is 19.7 Å². The molecule has 2 rings (SSSR count). The van der Waals surface area contributed by atoms with Crippen LogP contribution >= 0.6 is 0 Å². The van der Waals surface area contributed by atoms with E-state index in [-0.39, 0.29) is 38.2 Å². The first-order valence-corrected chi connectivity index (χ1v) is 8.24. The number of halogens is 6. The van der Waals surface area contributed by atoms with Gasteiger partial charge >= 0.3 is 18.4 Å². The van der Waals surface area contributed by atoms with Crippen LogP contribution in [0.5, 0.6) is 5.88 Å². The number of ether oxygens (including phenoxy) is 1. The summed E-state index contributed by atoms with van der Waals surface area (Å²) in [7, 11) is 0. The first-order valence-electron chi connectivity index (χ1n) is 8.24. The second-order valence-electron chi connectivity index (χ2n) is 6.37. The van der Waals surface area contributed by atoms with E-state index in [0.29, 0.717) is 12.0 Å². The Morgan fingerprint density at radius 3 is 2.41 bits per heavy atom. The minimum absolute atomic E-state index is 0.0839. The number of carbonyl (C=O) groups is 1. The molecule has 0 saturated heterocycles. The largest absolute Gasteiger partial charge is 0.468 e. The number of nitrogens with one attached hydrogen (secondary N) is 2. The number of hydrogen-bond donors (Lipinski definition) is 2. The second kappa shape index (κ2) is 8.22. The fourth-order valence-corrected chi connectivity index (χ4v) is 2.46. The van der Waals surface area contributed by atoms with Crippen LogP contribution in [0.2, 0.25) is 0 Å². The molecule has 2 amide bonds. The summed E-state index contributed by atoms with van der Waals surface area (Å²) < 4.78 is 79.1. The summed E-state index contributed by atoms with van der Waals surface area (Å²) in [6, 6.07) is 2.28. The monoisotopic (exact) mass is 399 g/mol. The Hall–Kier alpha value is -2.20. The van der Waals surface area contributed by atoms with E-state index in [2.05, 4.69) is 20.4 Å². The summed E-state index contributed by atoms with van der Waals surface area (Å²) in [5.41, 5.74) is -1.07. The van der Waals surface area contributed by atoms with Gasteiger partial charge in [-0.3, -0.25) is 0 Å². The van der Waals surface area contributed by atoms with Crippen LogP contribution in [-0.4, -0.2) is 43.1 Å². The first kappa shape index (κ1) is 21.1. The van der Waals surface area contributed by atoms with Crippen molar-refractivity contribution in [2.45, 2.75) is 38.0 Å². The van der Waals surface area contributed by atoms with Crippen molar-refractivity contribution in [1.82, 2.24) is 15.6 Å². The van der Waals surface area contributed by atoms with Crippen molar-refractivity contribution in [3.05, 3.63) is 23.9 Å². The highest BCUT2D eigenvalue weighted by atomic mass is 19.4. The lowest BCUT2D eigenvalue weighted by Gasteiger charge is -2.19. The zero-order valence-electron chi connectivity index (χ0n) is 14.2. The number of alkyl halides is 6. The van der Waals surface area contributed by atoms with E-state index in [1.54, 1.807) is 6.07 Å². The quantitative estimate of drug-likeness (QED) is 0.657. The minimum Gasteiger partial charge on any atom is -0.468 e. The third kappa shape index (κ3) is 6.79. The molecule has 0 aliphatic heterocycles. The van der Waals surface area contributed by atoms with Gasteiger partial charge in [0.05, 0.1) is 5.41 Å². The van der Waals surface area contributed by atoms with Crippen molar-refractivity contribution >= 4 is 6.03 Å². The van der Waals surface area contributed by atoms with Gasteiger partial charge in [0.25, 0.3) is 0 Å². The molecular formula is C16H19F6N3O2. The van der Waals surface area contributed by atoms with Crippen LogP contribution in [0, 0.1) is 5.41 Å². The van der Waals surface area contributed by atoms with Gasteiger partial charge in [-0.05, 0) is 37.3 Å². The lowest BCUT2D eigenvalue weighted by Crippen LogP contribution is -2.39. The first-order chi connectivity index (χ1) is 12.5. The Kier molecular flexibility index (Phi) is 6.42. The Bertz CT molecular complexity index is 644. The number of hydrogen-bond acceptors (Lipinski definition) is 3. The van der Waals surface area contributed by atoms with E-state index in [4.69, 9.17) is 0 Å². The van der Waals surface area contributed by atoms with Gasteiger partial charge < -0.3 is 15.4 Å². The van der Waals surface area contributed by atoms with E-state index < -0.39 is 30.4 Å². The van der Waals surface area contributed by atoms with Gasteiger partial charge in [-0.25, -0.2) is 9.78 Å².